The third kappa shape index (κ3) is 4.29. The fourth-order valence-corrected chi connectivity index (χ4v) is 2.28. The lowest BCUT2D eigenvalue weighted by molar-refractivity contribution is 0.0526. The molecule has 0 spiro atoms. The number of nitrogens with one attached hydrogen (secondary N) is 1. The van der Waals surface area contributed by atoms with Gasteiger partial charge in [-0.25, -0.2) is 4.79 Å². The minimum absolute atomic E-state index is 0.0411. The van der Waals surface area contributed by atoms with Crippen molar-refractivity contribution < 1.29 is 14.3 Å². The van der Waals surface area contributed by atoms with Crippen LogP contribution in [-0.2, 0) is 4.74 Å². The number of allylic oxidation sites excluding steroid dienone is 1. The molecule has 1 aromatic heterocycles. The summed E-state index contributed by atoms with van der Waals surface area (Å²) >= 11 is 1.41. The van der Waals surface area contributed by atoms with Crippen LogP contribution < -0.4 is 5.32 Å². The molecule has 0 aliphatic heterocycles. The van der Waals surface area contributed by atoms with Gasteiger partial charge in [0, 0.05) is 18.0 Å². The minimum atomic E-state index is -0.340. The zero-order valence-electron chi connectivity index (χ0n) is 11.5. The molecule has 2 aromatic rings. The second-order valence-electron chi connectivity index (χ2n) is 4.12. The van der Waals surface area contributed by atoms with Crippen molar-refractivity contribution in [2.45, 2.75) is 6.92 Å². The molecule has 0 saturated carbocycles. The number of anilines is 1. The quantitative estimate of drug-likeness (QED) is 0.502. The Balaban J connectivity index is 1.92. The van der Waals surface area contributed by atoms with E-state index in [1.165, 1.54) is 17.4 Å². The number of hydrogen-bond donors (Lipinski definition) is 1. The van der Waals surface area contributed by atoms with E-state index in [0.29, 0.717) is 17.0 Å². The van der Waals surface area contributed by atoms with E-state index in [9.17, 15) is 9.59 Å². The van der Waals surface area contributed by atoms with Gasteiger partial charge in [0.05, 0.1) is 17.0 Å². The first kappa shape index (κ1) is 15.0. The van der Waals surface area contributed by atoms with Crippen LogP contribution in [0.25, 0.3) is 0 Å². The molecule has 0 atom stereocenters. The van der Waals surface area contributed by atoms with Gasteiger partial charge in [0.25, 0.3) is 0 Å². The second-order valence-corrected chi connectivity index (χ2v) is 5.06. The van der Waals surface area contributed by atoms with E-state index in [2.05, 4.69) is 5.32 Å². The minimum Gasteiger partial charge on any atom is -0.462 e. The summed E-state index contributed by atoms with van der Waals surface area (Å²) in [4.78, 5) is 23.9. The van der Waals surface area contributed by atoms with Crippen LogP contribution in [0.1, 0.15) is 27.0 Å². The van der Waals surface area contributed by atoms with Crippen molar-refractivity contribution in [1.29, 1.82) is 0 Å². The zero-order valence-corrected chi connectivity index (χ0v) is 12.4. The molecule has 0 aliphatic carbocycles. The van der Waals surface area contributed by atoms with Gasteiger partial charge in [-0.2, -0.15) is 0 Å². The first-order valence-electron chi connectivity index (χ1n) is 6.49. The van der Waals surface area contributed by atoms with Crippen molar-refractivity contribution in [2.75, 3.05) is 11.9 Å². The van der Waals surface area contributed by atoms with Crippen LogP contribution in [0.3, 0.4) is 0 Å². The standard InChI is InChI=1S/C16H15NO3S/c1-2-20-16(19)12-5-7-13(8-6-12)17-10-9-14(18)15-4-3-11-21-15/h3-11,17H,2H2,1H3. The monoisotopic (exact) mass is 301 g/mol. The number of carbonyl (C=O) groups excluding carboxylic acids is 2. The van der Waals surface area contributed by atoms with E-state index in [1.807, 2.05) is 11.4 Å². The summed E-state index contributed by atoms with van der Waals surface area (Å²) in [5.74, 6) is -0.381. The van der Waals surface area contributed by atoms with Crippen LogP contribution in [0.15, 0.2) is 54.1 Å². The highest BCUT2D eigenvalue weighted by atomic mass is 32.1. The summed E-state index contributed by atoms with van der Waals surface area (Å²) in [7, 11) is 0. The molecule has 0 fully saturated rings. The largest absolute Gasteiger partial charge is 0.462 e. The maximum Gasteiger partial charge on any atom is 0.338 e. The maximum absolute atomic E-state index is 11.7. The van der Waals surface area contributed by atoms with E-state index >= 15 is 0 Å². The fraction of sp³-hybridized carbons (Fsp3) is 0.125. The Bertz CT molecular complexity index is 630. The second kappa shape index (κ2) is 7.40. The SMILES string of the molecule is CCOC(=O)c1ccc(NC=CC(=O)c2cccs2)cc1. The summed E-state index contributed by atoms with van der Waals surface area (Å²) in [6.45, 7) is 2.12. The number of thiophene rings is 1. The van der Waals surface area contributed by atoms with Gasteiger partial charge in [-0.05, 0) is 42.6 Å². The molecule has 0 bridgehead atoms. The average Bonchev–Trinajstić information content (AvgIpc) is 3.02. The molecule has 0 radical (unpaired) electrons. The Labute approximate surface area is 127 Å². The molecular formula is C16H15NO3S. The normalized spacial score (nSPS) is 10.5. The number of ketones is 1. The highest BCUT2D eigenvalue weighted by molar-refractivity contribution is 7.12. The molecule has 0 saturated heterocycles. The number of esters is 1. The number of ether oxygens (including phenoxy) is 1. The van der Waals surface area contributed by atoms with Gasteiger partial charge >= 0.3 is 5.97 Å². The highest BCUT2D eigenvalue weighted by Gasteiger charge is 2.05. The van der Waals surface area contributed by atoms with E-state index in [4.69, 9.17) is 4.74 Å². The lowest BCUT2D eigenvalue weighted by Gasteiger charge is -2.03. The predicted molar refractivity (Wildman–Crippen MR) is 83.8 cm³/mol. The topological polar surface area (TPSA) is 55.4 Å². The predicted octanol–water partition coefficient (Wildman–Crippen LogP) is 3.73. The molecule has 0 unspecified atom stereocenters. The molecule has 21 heavy (non-hydrogen) atoms. The Hall–Kier alpha value is -2.40. The lowest BCUT2D eigenvalue weighted by Crippen LogP contribution is -2.04. The summed E-state index contributed by atoms with van der Waals surface area (Å²) in [6.07, 6.45) is 3.06. The van der Waals surface area contributed by atoms with Gasteiger partial charge in [0.2, 0.25) is 0 Å². The van der Waals surface area contributed by atoms with Gasteiger partial charge in [-0.1, -0.05) is 6.07 Å². The molecule has 0 amide bonds. The summed E-state index contributed by atoms with van der Waals surface area (Å²) in [5.41, 5.74) is 1.29. The summed E-state index contributed by atoms with van der Waals surface area (Å²) in [5, 5.41) is 4.85. The van der Waals surface area contributed by atoms with Crippen LogP contribution in [0.2, 0.25) is 0 Å². The molecule has 1 aromatic carbocycles. The number of carbonyl (C=O) groups is 2. The first-order valence-corrected chi connectivity index (χ1v) is 7.37. The summed E-state index contributed by atoms with van der Waals surface area (Å²) in [6, 6.07) is 10.5. The zero-order chi connectivity index (χ0) is 15.1. The molecule has 2 rings (SSSR count). The van der Waals surface area contributed by atoms with Crippen LogP contribution in [0.4, 0.5) is 5.69 Å². The Kier molecular flexibility index (Phi) is 5.29. The molecule has 0 aliphatic rings. The third-order valence-electron chi connectivity index (χ3n) is 2.64. The molecule has 108 valence electrons. The van der Waals surface area contributed by atoms with Crippen LogP contribution >= 0.6 is 11.3 Å². The van der Waals surface area contributed by atoms with Crippen molar-refractivity contribution in [1.82, 2.24) is 0 Å². The fourth-order valence-electron chi connectivity index (χ4n) is 1.63. The van der Waals surface area contributed by atoms with Crippen LogP contribution in [-0.4, -0.2) is 18.4 Å². The molecule has 4 nitrogen and oxygen atoms in total. The maximum atomic E-state index is 11.7. The van der Waals surface area contributed by atoms with E-state index in [0.717, 1.165) is 5.69 Å². The van der Waals surface area contributed by atoms with Gasteiger partial charge in [-0.3, -0.25) is 4.79 Å². The molecule has 1 N–H and O–H groups in total. The smallest absolute Gasteiger partial charge is 0.338 e. The van der Waals surface area contributed by atoms with E-state index in [1.54, 1.807) is 43.5 Å². The first-order chi connectivity index (χ1) is 10.2. The third-order valence-corrected chi connectivity index (χ3v) is 3.53. The molecule has 1 heterocycles. The van der Waals surface area contributed by atoms with E-state index < -0.39 is 0 Å². The van der Waals surface area contributed by atoms with Gasteiger partial charge in [0.1, 0.15) is 0 Å². The van der Waals surface area contributed by atoms with Gasteiger partial charge in [-0.15, -0.1) is 11.3 Å². The van der Waals surface area contributed by atoms with Gasteiger partial charge < -0.3 is 10.1 Å². The van der Waals surface area contributed by atoms with Crippen molar-refractivity contribution in [2.24, 2.45) is 0 Å². The van der Waals surface area contributed by atoms with Crippen molar-refractivity contribution in [3.63, 3.8) is 0 Å². The van der Waals surface area contributed by atoms with Crippen molar-refractivity contribution >= 4 is 28.8 Å². The van der Waals surface area contributed by atoms with Crippen molar-refractivity contribution in [3.8, 4) is 0 Å². The number of benzene rings is 1. The molecule has 5 heteroatoms. The van der Waals surface area contributed by atoms with E-state index in [-0.39, 0.29) is 11.8 Å². The van der Waals surface area contributed by atoms with Crippen LogP contribution in [0, 0.1) is 0 Å². The number of rotatable bonds is 6. The summed E-state index contributed by atoms with van der Waals surface area (Å²) < 4.78 is 4.90. The Morgan fingerprint density at radius 2 is 2.00 bits per heavy atom. The Morgan fingerprint density at radius 3 is 2.62 bits per heavy atom. The van der Waals surface area contributed by atoms with Gasteiger partial charge in [0.15, 0.2) is 5.78 Å². The molecular weight excluding hydrogens is 286 g/mol. The highest BCUT2D eigenvalue weighted by Crippen LogP contribution is 2.12. The lowest BCUT2D eigenvalue weighted by atomic mass is 10.2. The van der Waals surface area contributed by atoms with Crippen molar-refractivity contribution in [3.05, 3.63) is 64.5 Å². The Morgan fingerprint density at radius 1 is 1.24 bits per heavy atom. The number of hydrogen-bond acceptors (Lipinski definition) is 5. The average molecular weight is 301 g/mol. The van der Waals surface area contributed by atoms with Crippen LogP contribution in [0.5, 0.6) is 0 Å².